The lowest BCUT2D eigenvalue weighted by Gasteiger charge is -2.39. The van der Waals surface area contributed by atoms with E-state index in [9.17, 15) is 14.7 Å². The summed E-state index contributed by atoms with van der Waals surface area (Å²) < 4.78 is 13.0. The molecule has 3 aromatic carbocycles. The van der Waals surface area contributed by atoms with Crippen molar-refractivity contribution in [1.82, 2.24) is 10.2 Å². The van der Waals surface area contributed by atoms with Crippen LogP contribution in [0.25, 0.3) is 0 Å². The number of carbonyl (C=O) groups excluding carboxylic acids is 4. The summed E-state index contributed by atoms with van der Waals surface area (Å²) in [7, 11) is 0. The standard InChI is InChI=1S/C45H54N4O7/c1-5-9-20-38(51)46-29-37(32-18-14-11-15-19-32)55-44(54)39-36-25-26-45(56-36)40(39)42(52)49(35(30-50)28-31-16-12-10-13-17-31)41(45)43(53)48(27-6-2)34-23-21-33(22-24-34)47(7-3)8-4/h5-6,10-19,21-24,35-37,39-41,50H,1-2,7-9,20,25-30H2,3-4H3,(H,46,51)/t35-,36+,37+,39-,40-,41+,45-/m1/s1. The van der Waals surface area contributed by atoms with Gasteiger partial charge in [0.1, 0.15) is 17.7 Å². The number of aliphatic hydroxyl groups excluding tert-OH is 1. The number of likely N-dealkylation sites (tertiary alicyclic amines) is 1. The predicted octanol–water partition coefficient (Wildman–Crippen LogP) is 5.40. The van der Waals surface area contributed by atoms with E-state index in [4.69, 9.17) is 9.47 Å². The molecule has 3 fully saturated rings. The number of rotatable bonds is 19. The normalized spacial score (nSPS) is 23.2. The fourth-order valence-electron chi connectivity index (χ4n) is 8.84. The summed E-state index contributed by atoms with van der Waals surface area (Å²) in [5, 5.41) is 13.8. The topological polar surface area (TPSA) is 129 Å². The van der Waals surface area contributed by atoms with Gasteiger partial charge in [-0.2, -0.15) is 0 Å². The first kappa shape index (κ1) is 40.4. The molecule has 0 unspecified atom stereocenters. The Morgan fingerprint density at radius 3 is 2.27 bits per heavy atom. The third-order valence-corrected chi connectivity index (χ3v) is 11.5. The second kappa shape index (κ2) is 18.1. The van der Waals surface area contributed by atoms with Crippen molar-refractivity contribution in [2.45, 2.75) is 75.8 Å². The number of allylic oxidation sites excluding steroid dienone is 1. The molecule has 6 rings (SSSR count). The maximum atomic E-state index is 15.2. The number of carbonyl (C=O) groups is 4. The Bertz CT molecular complexity index is 1850. The minimum absolute atomic E-state index is 0.0359. The fourth-order valence-corrected chi connectivity index (χ4v) is 8.84. The number of esters is 1. The largest absolute Gasteiger partial charge is 0.455 e. The monoisotopic (exact) mass is 762 g/mol. The van der Waals surface area contributed by atoms with Gasteiger partial charge in [-0.15, -0.1) is 13.2 Å². The summed E-state index contributed by atoms with van der Waals surface area (Å²) in [4.78, 5) is 62.6. The van der Waals surface area contributed by atoms with Crippen molar-refractivity contribution < 1.29 is 33.8 Å². The van der Waals surface area contributed by atoms with Crippen molar-refractivity contribution in [3.63, 3.8) is 0 Å². The SMILES string of the molecule is C=CCCC(=O)NC[C@H](OC(=O)[C@@H]1[C@@H]2CC[C@]3(O2)[C@H](C(=O)N(CC=C)c2ccc(N(CC)CC)cc2)N([C@@H](CO)Cc2ccccc2)C(=O)[C@@H]13)c1ccccc1. The van der Waals surface area contributed by atoms with Crippen LogP contribution in [0, 0.1) is 11.8 Å². The van der Waals surface area contributed by atoms with Crippen LogP contribution in [0.4, 0.5) is 11.4 Å². The summed E-state index contributed by atoms with van der Waals surface area (Å²) >= 11 is 0. The zero-order valence-electron chi connectivity index (χ0n) is 32.4. The van der Waals surface area contributed by atoms with E-state index < -0.39 is 60.2 Å². The first-order chi connectivity index (χ1) is 27.2. The van der Waals surface area contributed by atoms with E-state index in [-0.39, 0.29) is 37.7 Å². The maximum absolute atomic E-state index is 15.2. The van der Waals surface area contributed by atoms with Crippen molar-refractivity contribution in [3.8, 4) is 0 Å². The van der Waals surface area contributed by atoms with E-state index in [1.54, 1.807) is 17.1 Å². The maximum Gasteiger partial charge on any atom is 0.313 e. The highest BCUT2D eigenvalue weighted by molar-refractivity contribution is 6.05. The Balaban J connectivity index is 1.36. The highest BCUT2D eigenvalue weighted by Gasteiger charge is 2.75. The molecule has 56 heavy (non-hydrogen) atoms. The number of hydrogen-bond donors (Lipinski definition) is 2. The molecule has 3 aliphatic rings. The van der Waals surface area contributed by atoms with Crippen LogP contribution >= 0.6 is 0 Å². The summed E-state index contributed by atoms with van der Waals surface area (Å²) in [6, 6.07) is 24.5. The van der Waals surface area contributed by atoms with E-state index in [0.717, 1.165) is 24.3 Å². The lowest BCUT2D eigenvalue weighted by Crippen LogP contribution is -2.59. The van der Waals surface area contributed by atoms with Crippen LogP contribution in [0.2, 0.25) is 0 Å². The first-order valence-electron chi connectivity index (χ1n) is 19.8. The molecule has 0 saturated carbocycles. The number of hydrogen-bond acceptors (Lipinski definition) is 8. The lowest BCUT2D eigenvalue weighted by molar-refractivity contribution is -0.161. The van der Waals surface area contributed by atoms with Crippen LogP contribution in [0.15, 0.2) is 110 Å². The third kappa shape index (κ3) is 8.01. The molecule has 0 aromatic heterocycles. The molecule has 7 atom stereocenters. The molecule has 0 radical (unpaired) electrons. The summed E-state index contributed by atoms with van der Waals surface area (Å²) in [5.74, 6) is -3.66. The smallest absolute Gasteiger partial charge is 0.313 e. The van der Waals surface area contributed by atoms with E-state index in [1.807, 2.05) is 84.9 Å². The van der Waals surface area contributed by atoms with Gasteiger partial charge in [0.15, 0.2) is 0 Å². The highest BCUT2D eigenvalue weighted by Crippen LogP contribution is 2.59. The molecule has 3 amide bonds. The summed E-state index contributed by atoms with van der Waals surface area (Å²) in [5.41, 5.74) is 1.89. The van der Waals surface area contributed by atoms with Crippen molar-refractivity contribution in [2.24, 2.45) is 11.8 Å². The van der Waals surface area contributed by atoms with Crippen LogP contribution < -0.4 is 15.1 Å². The van der Waals surface area contributed by atoms with Crippen molar-refractivity contribution in [3.05, 3.63) is 121 Å². The Labute approximate surface area is 329 Å². The quantitative estimate of drug-likeness (QED) is 0.123. The second-order valence-corrected chi connectivity index (χ2v) is 14.7. The Hall–Kier alpha value is -5.26. The zero-order chi connectivity index (χ0) is 39.8. The van der Waals surface area contributed by atoms with E-state index in [1.165, 1.54) is 4.90 Å². The second-order valence-electron chi connectivity index (χ2n) is 14.7. The number of aliphatic hydroxyl groups is 1. The van der Waals surface area contributed by atoms with Gasteiger partial charge in [-0.3, -0.25) is 19.2 Å². The van der Waals surface area contributed by atoms with Gasteiger partial charge in [0.2, 0.25) is 11.8 Å². The average Bonchev–Trinajstić information content (AvgIpc) is 3.88. The number of anilines is 2. The van der Waals surface area contributed by atoms with Crippen molar-refractivity contribution in [2.75, 3.05) is 42.6 Å². The van der Waals surface area contributed by atoms with Gasteiger partial charge in [0.25, 0.3) is 5.91 Å². The number of fused-ring (bicyclic) bond motifs is 1. The molecular formula is C45H54N4O7. The zero-order valence-corrected chi connectivity index (χ0v) is 32.4. The Morgan fingerprint density at radius 1 is 0.982 bits per heavy atom. The van der Waals surface area contributed by atoms with Gasteiger partial charge in [-0.25, -0.2) is 0 Å². The van der Waals surface area contributed by atoms with Crippen LogP contribution in [-0.4, -0.2) is 90.3 Å². The molecule has 3 heterocycles. The van der Waals surface area contributed by atoms with Crippen LogP contribution in [0.5, 0.6) is 0 Å². The van der Waals surface area contributed by atoms with Crippen molar-refractivity contribution in [1.29, 1.82) is 0 Å². The molecule has 1 spiro atoms. The molecule has 11 nitrogen and oxygen atoms in total. The molecule has 3 aliphatic heterocycles. The minimum Gasteiger partial charge on any atom is -0.455 e. The minimum atomic E-state index is -1.34. The predicted molar refractivity (Wildman–Crippen MR) is 216 cm³/mol. The molecule has 296 valence electrons. The molecule has 2 N–H and O–H groups in total. The van der Waals surface area contributed by atoms with Crippen molar-refractivity contribution >= 4 is 35.1 Å². The molecular weight excluding hydrogens is 709 g/mol. The van der Waals surface area contributed by atoms with E-state index in [2.05, 4.69) is 37.2 Å². The summed E-state index contributed by atoms with van der Waals surface area (Å²) in [6.07, 6.45) is 3.69. The Kier molecular flexibility index (Phi) is 13.1. The number of ether oxygens (including phenoxy) is 2. The third-order valence-electron chi connectivity index (χ3n) is 11.5. The van der Waals surface area contributed by atoms with Crippen LogP contribution in [0.1, 0.15) is 56.8 Å². The van der Waals surface area contributed by atoms with E-state index in [0.29, 0.717) is 30.5 Å². The fraction of sp³-hybridized carbons (Fsp3) is 0.422. The molecule has 11 heteroatoms. The number of benzene rings is 3. The first-order valence-corrected chi connectivity index (χ1v) is 19.8. The number of amides is 3. The molecule has 2 bridgehead atoms. The van der Waals surface area contributed by atoms with Gasteiger partial charge in [-0.1, -0.05) is 72.8 Å². The van der Waals surface area contributed by atoms with Gasteiger partial charge in [0.05, 0.1) is 37.1 Å². The molecule has 3 aromatic rings. The van der Waals surface area contributed by atoms with Gasteiger partial charge < -0.3 is 34.6 Å². The van der Waals surface area contributed by atoms with E-state index >= 15 is 9.59 Å². The molecule has 3 saturated heterocycles. The summed E-state index contributed by atoms with van der Waals surface area (Å²) in [6.45, 7) is 13.3. The Morgan fingerprint density at radius 2 is 1.64 bits per heavy atom. The van der Waals surface area contributed by atoms with Crippen LogP contribution in [0.3, 0.4) is 0 Å². The highest BCUT2D eigenvalue weighted by atomic mass is 16.6. The molecule has 0 aliphatic carbocycles. The average molecular weight is 763 g/mol. The number of nitrogens with zero attached hydrogens (tertiary/aromatic N) is 3. The van der Waals surface area contributed by atoms with Gasteiger partial charge in [-0.05, 0) is 74.9 Å². The van der Waals surface area contributed by atoms with Gasteiger partial charge in [0, 0.05) is 37.4 Å². The van der Waals surface area contributed by atoms with Gasteiger partial charge >= 0.3 is 5.97 Å². The van der Waals surface area contributed by atoms with Crippen LogP contribution in [-0.2, 0) is 35.1 Å². The lowest BCUT2D eigenvalue weighted by atomic mass is 9.70. The number of nitrogens with one attached hydrogen (secondary N) is 1.